The second-order valence-electron chi connectivity index (χ2n) is 4.15. The Morgan fingerprint density at radius 1 is 1.35 bits per heavy atom. The number of benzene rings is 2. The van der Waals surface area contributed by atoms with Crippen molar-refractivity contribution < 1.29 is 14.6 Å². The molecule has 0 saturated heterocycles. The molecule has 0 aliphatic rings. The van der Waals surface area contributed by atoms with Crippen LogP contribution in [0.3, 0.4) is 0 Å². The van der Waals surface area contributed by atoms with E-state index in [4.69, 9.17) is 10.00 Å². The first-order chi connectivity index (χ1) is 9.65. The van der Waals surface area contributed by atoms with Gasteiger partial charge in [0.25, 0.3) is 0 Å². The zero-order chi connectivity index (χ0) is 14.5. The number of aromatic hydroxyl groups is 1. The smallest absolute Gasteiger partial charge is 0.348 e. The minimum atomic E-state index is -0.692. The highest BCUT2D eigenvalue weighted by Gasteiger charge is 2.11. The molecule has 0 aromatic heterocycles. The maximum atomic E-state index is 11.6. The molecule has 4 heteroatoms. The number of carbonyl (C=O) groups is 1. The fraction of sp³-hybridized carbons (Fsp3) is 0.125. The average molecular weight is 267 g/mol. The third-order valence-corrected chi connectivity index (χ3v) is 2.81. The van der Waals surface area contributed by atoms with Crippen molar-refractivity contribution in [2.45, 2.75) is 6.92 Å². The van der Waals surface area contributed by atoms with Crippen LogP contribution < -0.4 is 0 Å². The molecule has 0 aliphatic heterocycles. The molecule has 0 saturated carbocycles. The Morgan fingerprint density at radius 2 is 2.00 bits per heavy atom. The van der Waals surface area contributed by atoms with E-state index in [0.717, 1.165) is 10.8 Å². The molecule has 0 spiro atoms. The summed E-state index contributed by atoms with van der Waals surface area (Å²) >= 11 is 0. The molecule has 0 fully saturated rings. The minimum absolute atomic E-state index is 0.0146. The first kappa shape index (κ1) is 13.6. The van der Waals surface area contributed by atoms with Crippen molar-refractivity contribution in [2.24, 2.45) is 0 Å². The molecule has 0 heterocycles. The number of hydrogen-bond donors (Lipinski definition) is 1. The molecule has 2 aromatic carbocycles. The van der Waals surface area contributed by atoms with Crippen LogP contribution in [0.1, 0.15) is 12.5 Å². The number of esters is 1. The molecule has 0 atom stereocenters. The van der Waals surface area contributed by atoms with Gasteiger partial charge in [-0.25, -0.2) is 4.79 Å². The number of hydrogen-bond acceptors (Lipinski definition) is 4. The Kier molecular flexibility index (Phi) is 4.02. The van der Waals surface area contributed by atoms with Crippen LogP contribution in [0.25, 0.3) is 16.8 Å². The Labute approximate surface area is 116 Å². The van der Waals surface area contributed by atoms with E-state index in [-0.39, 0.29) is 17.9 Å². The molecule has 1 N–H and O–H groups in total. The first-order valence-electron chi connectivity index (χ1n) is 6.16. The Balaban J connectivity index is 2.49. The maximum Gasteiger partial charge on any atom is 0.348 e. The molecular weight excluding hydrogens is 254 g/mol. The lowest BCUT2D eigenvalue weighted by atomic mass is 10.0. The summed E-state index contributed by atoms with van der Waals surface area (Å²) in [6.07, 6.45) is 1.33. The van der Waals surface area contributed by atoms with Gasteiger partial charge in [0, 0.05) is 5.56 Å². The average Bonchev–Trinajstić information content (AvgIpc) is 2.45. The second kappa shape index (κ2) is 5.89. The van der Waals surface area contributed by atoms with Gasteiger partial charge in [0.1, 0.15) is 17.4 Å². The zero-order valence-corrected chi connectivity index (χ0v) is 11.0. The molecule has 0 radical (unpaired) electrons. The van der Waals surface area contributed by atoms with Crippen molar-refractivity contribution >= 4 is 22.8 Å². The summed E-state index contributed by atoms with van der Waals surface area (Å²) in [5.74, 6) is -0.677. The highest BCUT2D eigenvalue weighted by atomic mass is 16.5. The molecule has 100 valence electrons. The lowest BCUT2D eigenvalue weighted by Crippen LogP contribution is -2.06. The Morgan fingerprint density at radius 3 is 2.60 bits per heavy atom. The van der Waals surface area contributed by atoms with Crippen molar-refractivity contribution in [2.75, 3.05) is 6.61 Å². The van der Waals surface area contributed by atoms with Gasteiger partial charge in [0.15, 0.2) is 0 Å². The monoisotopic (exact) mass is 267 g/mol. The number of fused-ring (bicyclic) bond motifs is 1. The molecule has 20 heavy (non-hydrogen) atoms. The number of phenolic OH excluding ortho intramolecular Hbond substituents is 1. The SMILES string of the molecule is CCOC(=O)C(C#N)=Cc1cc2ccccc2cc1O. The summed E-state index contributed by atoms with van der Waals surface area (Å²) in [5, 5.41) is 20.7. The molecule has 2 aromatic rings. The number of phenols is 1. The molecule has 0 amide bonds. The number of ether oxygens (including phenoxy) is 1. The first-order valence-corrected chi connectivity index (χ1v) is 6.16. The maximum absolute atomic E-state index is 11.6. The summed E-state index contributed by atoms with van der Waals surface area (Å²) in [4.78, 5) is 11.6. The van der Waals surface area contributed by atoms with E-state index in [9.17, 15) is 9.90 Å². The largest absolute Gasteiger partial charge is 0.507 e. The summed E-state index contributed by atoms with van der Waals surface area (Å²) in [6.45, 7) is 1.86. The molecule has 0 aliphatic carbocycles. The van der Waals surface area contributed by atoms with Crippen LogP contribution in [0.4, 0.5) is 0 Å². The summed E-state index contributed by atoms with van der Waals surface area (Å²) < 4.78 is 4.78. The van der Waals surface area contributed by atoms with Gasteiger partial charge in [-0.05, 0) is 35.9 Å². The van der Waals surface area contributed by atoms with Gasteiger partial charge in [0.05, 0.1) is 6.61 Å². The minimum Gasteiger partial charge on any atom is -0.507 e. The van der Waals surface area contributed by atoms with Crippen molar-refractivity contribution in [3.8, 4) is 11.8 Å². The Bertz CT molecular complexity index is 726. The van der Waals surface area contributed by atoms with Gasteiger partial charge in [0.2, 0.25) is 0 Å². The van der Waals surface area contributed by atoms with Crippen molar-refractivity contribution in [1.82, 2.24) is 0 Å². The molecule has 0 unspecified atom stereocenters. The van der Waals surface area contributed by atoms with E-state index in [0.29, 0.717) is 5.56 Å². The summed E-state index contributed by atoms with van der Waals surface area (Å²) in [6, 6.07) is 12.6. The van der Waals surface area contributed by atoms with Gasteiger partial charge in [-0.2, -0.15) is 5.26 Å². The lowest BCUT2D eigenvalue weighted by molar-refractivity contribution is -0.137. The standard InChI is InChI=1S/C16H13NO3/c1-2-20-16(19)14(10-17)8-13-7-11-5-3-4-6-12(11)9-15(13)18/h3-9,18H,2H2,1H3. The van der Waals surface area contributed by atoms with E-state index >= 15 is 0 Å². The van der Waals surface area contributed by atoms with Gasteiger partial charge in [-0.15, -0.1) is 0 Å². The van der Waals surface area contributed by atoms with Crippen LogP contribution in [-0.2, 0) is 9.53 Å². The predicted molar refractivity (Wildman–Crippen MR) is 75.8 cm³/mol. The van der Waals surface area contributed by atoms with Crippen LogP contribution in [0, 0.1) is 11.3 Å². The molecule has 4 nitrogen and oxygen atoms in total. The molecular formula is C16H13NO3. The zero-order valence-electron chi connectivity index (χ0n) is 11.0. The highest BCUT2D eigenvalue weighted by Crippen LogP contribution is 2.26. The normalized spacial score (nSPS) is 11.1. The topological polar surface area (TPSA) is 70.3 Å². The van der Waals surface area contributed by atoms with E-state index in [1.807, 2.05) is 24.3 Å². The van der Waals surface area contributed by atoms with Gasteiger partial charge < -0.3 is 9.84 Å². The lowest BCUT2D eigenvalue weighted by Gasteiger charge is -2.04. The third kappa shape index (κ3) is 2.78. The van der Waals surface area contributed by atoms with E-state index in [1.54, 1.807) is 25.1 Å². The van der Waals surface area contributed by atoms with Crippen molar-refractivity contribution in [3.63, 3.8) is 0 Å². The highest BCUT2D eigenvalue weighted by molar-refractivity contribution is 5.99. The summed E-state index contributed by atoms with van der Waals surface area (Å²) in [5.41, 5.74) is 0.269. The number of carbonyl (C=O) groups excluding carboxylic acids is 1. The van der Waals surface area contributed by atoms with Crippen molar-refractivity contribution in [3.05, 3.63) is 47.5 Å². The predicted octanol–water partition coefficient (Wildman–Crippen LogP) is 3.02. The van der Waals surface area contributed by atoms with Gasteiger partial charge >= 0.3 is 5.97 Å². The quantitative estimate of drug-likeness (QED) is 0.527. The van der Waals surface area contributed by atoms with Crippen LogP contribution >= 0.6 is 0 Å². The fourth-order valence-electron chi connectivity index (χ4n) is 1.86. The number of nitriles is 1. The van der Waals surface area contributed by atoms with Crippen LogP contribution in [0.15, 0.2) is 42.0 Å². The van der Waals surface area contributed by atoms with Gasteiger partial charge in [-0.3, -0.25) is 0 Å². The summed E-state index contributed by atoms with van der Waals surface area (Å²) in [7, 11) is 0. The second-order valence-corrected chi connectivity index (χ2v) is 4.15. The van der Waals surface area contributed by atoms with Crippen LogP contribution in [0.2, 0.25) is 0 Å². The van der Waals surface area contributed by atoms with Crippen LogP contribution in [0.5, 0.6) is 5.75 Å². The van der Waals surface area contributed by atoms with Crippen molar-refractivity contribution in [1.29, 1.82) is 5.26 Å². The van der Waals surface area contributed by atoms with E-state index in [1.165, 1.54) is 6.08 Å². The van der Waals surface area contributed by atoms with E-state index in [2.05, 4.69) is 0 Å². The van der Waals surface area contributed by atoms with E-state index < -0.39 is 5.97 Å². The Hall–Kier alpha value is -2.80. The third-order valence-electron chi connectivity index (χ3n) is 2.81. The molecule has 0 bridgehead atoms. The van der Waals surface area contributed by atoms with Gasteiger partial charge in [-0.1, -0.05) is 24.3 Å². The fourth-order valence-corrected chi connectivity index (χ4v) is 1.86. The number of rotatable bonds is 3. The molecule has 2 rings (SSSR count). The number of nitrogens with zero attached hydrogens (tertiary/aromatic N) is 1. The van der Waals surface area contributed by atoms with Crippen LogP contribution in [-0.4, -0.2) is 17.7 Å².